The van der Waals surface area contributed by atoms with E-state index in [4.69, 9.17) is 4.74 Å². The average Bonchev–Trinajstić information content (AvgIpc) is 2.54. The van der Waals surface area contributed by atoms with Crippen molar-refractivity contribution in [3.63, 3.8) is 0 Å². The number of hydrogen-bond acceptors (Lipinski definition) is 5. The molecular formula is C17H20N2O5S. The first-order chi connectivity index (χ1) is 11.9. The van der Waals surface area contributed by atoms with Gasteiger partial charge in [-0.3, -0.25) is 10.1 Å². The van der Waals surface area contributed by atoms with Crippen LogP contribution in [0.1, 0.15) is 17.5 Å². The van der Waals surface area contributed by atoms with Gasteiger partial charge in [-0.25, -0.2) is 13.1 Å². The lowest BCUT2D eigenvalue weighted by atomic mass is 10.2. The first-order valence-electron chi connectivity index (χ1n) is 7.76. The summed E-state index contributed by atoms with van der Waals surface area (Å²) in [7, 11) is -3.49. The van der Waals surface area contributed by atoms with Crippen LogP contribution in [0.2, 0.25) is 0 Å². The van der Waals surface area contributed by atoms with E-state index < -0.39 is 14.9 Å². The van der Waals surface area contributed by atoms with E-state index in [0.29, 0.717) is 18.6 Å². The fourth-order valence-corrected chi connectivity index (χ4v) is 3.37. The number of benzene rings is 2. The molecule has 0 saturated carbocycles. The quantitative estimate of drug-likeness (QED) is 0.419. The lowest BCUT2D eigenvalue weighted by Crippen LogP contribution is -2.27. The largest absolute Gasteiger partial charge is 0.494 e. The highest BCUT2D eigenvalue weighted by Gasteiger charge is 2.12. The maximum absolute atomic E-state index is 12.0. The van der Waals surface area contributed by atoms with E-state index in [1.807, 2.05) is 31.2 Å². The highest BCUT2D eigenvalue weighted by molar-refractivity contribution is 7.88. The zero-order valence-corrected chi connectivity index (χ0v) is 14.7. The van der Waals surface area contributed by atoms with Gasteiger partial charge in [-0.1, -0.05) is 24.3 Å². The van der Waals surface area contributed by atoms with Crippen molar-refractivity contribution in [2.45, 2.75) is 19.1 Å². The Morgan fingerprint density at radius 2 is 1.88 bits per heavy atom. The summed E-state index contributed by atoms with van der Waals surface area (Å²) in [6.07, 6.45) is 0.535. The molecule has 2 aromatic carbocycles. The second-order valence-electron chi connectivity index (χ2n) is 5.60. The first-order valence-corrected chi connectivity index (χ1v) is 9.41. The van der Waals surface area contributed by atoms with Crippen LogP contribution in [-0.2, 0) is 15.8 Å². The standard InChI is InChI=1S/C17H20N2O5S/c1-14-4-2-5-17(12-14)24-11-3-10-18-25(22,23)13-15-6-8-16(9-7-15)19(20)21/h2,4-9,12,18H,3,10-11,13H2,1H3. The second kappa shape index (κ2) is 8.59. The number of rotatable bonds is 9. The van der Waals surface area contributed by atoms with Crippen LogP contribution in [0, 0.1) is 17.0 Å². The molecule has 0 radical (unpaired) electrons. The van der Waals surface area contributed by atoms with Crippen molar-refractivity contribution in [3.05, 3.63) is 69.8 Å². The van der Waals surface area contributed by atoms with Crippen molar-refractivity contribution in [2.24, 2.45) is 0 Å². The van der Waals surface area contributed by atoms with E-state index in [-0.39, 0.29) is 18.0 Å². The van der Waals surface area contributed by atoms with E-state index in [9.17, 15) is 18.5 Å². The maximum atomic E-state index is 12.0. The van der Waals surface area contributed by atoms with Crippen LogP contribution in [0.15, 0.2) is 48.5 Å². The molecule has 2 aromatic rings. The predicted molar refractivity (Wildman–Crippen MR) is 95.0 cm³/mol. The number of hydrogen-bond donors (Lipinski definition) is 1. The monoisotopic (exact) mass is 364 g/mol. The SMILES string of the molecule is Cc1cccc(OCCCNS(=O)(=O)Cc2ccc([N+](=O)[O-])cc2)c1. The summed E-state index contributed by atoms with van der Waals surface area (Å²) in [6, 6.07) is 13.1. The van der Waals surface area contributed by atoms with Gasteiger partial charge in [0.25, 0.3) is 5.69 Å². The van der Waals surface area contributed by atoms with Gasteiger partial charge in [0.2, 0.25) is 10.0 Å². The van der Waals surface area contributed by atoms with Gasteiger partial charge in [-0.05, 0) is 36.6 Å². The molecule has 0 saturated heterocycles. The highest BCUT2D eigenvalue weighted by Crippen LogP contribution is 2.14. The Morgan fingerprint density at radius 3 is 2.52 bits per heavy atom. The molecular weight excluding hydrogens is 344 g/mol. The predicted octanol–water partition coefficient (Wildman–Crippen LogP) is 2.79. The van der Waals surface area contributed by atoms with Crippen molar-refractivity contribution in [1.29, 1.82) is 0 Å². The summed E-state index contributed by atoms with van der Waals surface area (Å²) in [5.41, 5.74) is 1.53. The van der Waals surface area contributed by atoms with Crippen LogP contribution in [0.5, 0.6) is 5.75 Å². The molecule has 8 heteroatoms. The molecule has 134 valence electrons. The smallest absolute Gasteiger partial charge is 0.269 e. The van der Waals surface area contributed by atoms with Crippen LogP contribution < -0.4 is 9.46 Å². The molecule has 0 aliphatic carbocycles. The molecule has 1 N–H and O–H groups in total. The lowest BCUT2D eigenvalue weighted by Gasteiger charge is -2.09. The zero-order chi connectivity index (χ0) is 18.3. The van der Waals surface area contributed by atoms with Gasteiger partial charge in [0.1, 0.15) is 5.75 Å². The third kappa shape index (κ3) is 6.52. The summed E-state index contributed by atoms with van der Waals surface area (Å²) >= 11 is 0. The highest BCUT2D eigenvalue weighted by atomic mass is 32.2. The van der Waals surface area contributed by atoms with Gasteiger partial charge in [-0.2, -0.15) is 0 Å². The number of nitro groups is 1. The van der Waals surface area contributed by atoms with Gasteiger partial charge < -0.3 is 4.74 Å². The molecule has 0 aromatic heterocycles. The molecule has 0 atom stereocenters. The van der Waals surface area contributed by atoms with Gasteiger partial charge in [0.05, 0.1) is 17.3 Å². The van der Waals surface area contributed by atoms with Crippen LogP contribution in [0.4, 0.5) is 5.69 Å². The van der Waals surface area contributed by atoms with Crippen molar-refractivity contribution in [2.75, 3.05) is 13.2 Å². The zero-order valence-electron chi connectivity index (χ0n) is 13.8. The van der Waals surface area contributed by atoms with Crippen molar-refractivity contribution >= 4 is 15.7 Å². The van der Waals surface area contributed by atoms with Gasteiger partial charge >= 0.3 is 0 Å². The summed E-state index contributed by atoms with van der Waals surface area (Å²) < 4.78 is 32.1. The fourth-order valence-electron chi connectivity index (χ4n) is 2.18. The fraction of sp³-hybridized carbons (Fsp3) is 0.294. The third-order valence-corrected chi connectivity index (χ3v) is 4.76. The molecule has 0 bridgehead atoms. The molecule has 0 aliphatic rings. The van der Waals surface area contributed by atoms with E-state index in [0.717, 1.165) is 11.3 Å². The number of nitro benzene ring substituents is 1. The Kier molecular flexibility index (Phi) is 6.49. The first kappa shape index (κ1) is 18.9. The second-order valence-corrected chi connectivity index (χ2v) is 7.40. The van der Waals surface area contributed by atoms with E-state index in [2.05, 4.69) is 4.72 Å². The summed E-state index contributed by atoms with van der Waals surface area (Å²) in [5, 5.41) is 10.6. The lowest BCUT2D eigenvalue weighted by molar-refractivity contribution is -0.384. The minimum absolute atomic E-state index is 0.0672. The minimum Gasteiger partial charge on any atom is -0.494 e. The molecule has 2 rings (SSSR count). The Balaban J connectivity index is 1.74. The number of nitrogens with zero attached hydrogens (tertiary/aromatic N) is 1. The Morgan fingerprint density at radius 1 is 1.16 bits per heavy atom. The minimum atomic E-state index is -3.49. The Hall–Kier alpha value is -2.45. The summed E-state index contributed by atoms with van der Waals surface area (Å²) in [5.74, 6) is 0.540. The molecule has 25 heavy (non-hydrogen) atoms. The van der Waals surface area contributed by atoms with E-state index >= 15 is 0 Å². The topological polar surface area (TPSA) is 98.5 Å². The number of nitrogens with one attached hydrogen (secondary N) is 1. The van der Waals surface area contributed by atoms with Crippen molar-refractivity contribution < 1.29 is 18.1 Å². The van der Waals surface area contributed by atoms with Crippen LogP contribution in [-0.4, -0.2) is 26.5 Å². The summed E-state index contributed by atoms with van der Waals surface area (Å²) in [6.45, 7) is 2.64. The third-order valence-electron chi connectivity index (χ3n) is 3.41. The van der Waals surface area contributed by atoms with Crippen LogP contribution in [0.25, 0.3) is 0 Å². The molecule has 7 nitrogen and oxygen atoms in total. The average molecular weight is 364 g/mol. The van der Waals surface area contributed by atoms with E-state index in [1.54, 1.807) is 0 Å². The van der Waals surface area contributed by atoms with Crippen molar-refractivity contribution in [1.82, 2.24) is 4.72 Å². The molecule has 0 heterocycles. The number of ether oxygens (including phenoxy) is 1. The van der Waals surface area contributed by atoms with Gasteiger partial charge in [-0.15, -0.1) is 0 Å². The molecule has 0 unspecified atom stereocenters. The van der Waals surface area contributed by atoms with Gasteiger partial charge in [0.15, 0.2) is 0 Å². The molecule has 0 amide bonds. The normalized spacial score (nSPS) is 11.2. The number of non-ortho nitro benzene ring substituents is 1. The number of aryl methyl sites for hydroxylation is 1. The van der Waals surface area contributed by atoms with Crippen LogP contribution >= 0.6 is 0 Å². The molecule has 0 aliphatic heterocycles. The molecule has 0 spiro atoms. The van der Waals surface area contributed by atoms with Gasteiger partial charge in [0, 0.05) is 18.7 Å². The Labute approximate surface area is 146 Å². The summed E-state index contributed by atoms with van der Waals surface area (Å²) in [4.78, 5) is 10.1. The molecule has 0 fully saturated rings. The van der Waals surface area contributed by atoms with Crippen LogP contribution in [0.3, 0.4) is 0 Å². The van der Waals surface area contributed by atoms with E-state index in [1.165, 1.54) is 24.3 Å². The number of sulfonamides is 1. The Bertz CT molecular complexity index is 819. The maximum Gasteiger partial charge on any atom is 0.269 e. The van der Waals surface area contributed by atoms with Crippen molar-refractivity contribution in [3.8, 4) is 5.75 Å².